The highest BCUT2D eigenvalue weighted by Gasteiger charge is 2.21. The van der Waals surface area contributed by atoms with Gasteiger partial charge in [0.1, 0.15) is 0 Å². The monoisotopic (exact) mass is 527 g/mol. The highest BCUT2D eigenvalue weighted by Crippen LogP contribution is 2.37. The number of rotatable bonds is 7. The zero-order valence-electron chi connectivity index (χ0n) is 20.5. The molecule has 192 valence electrons. The number of hydrogen-bond donors (Lipinski definition) is 4. The van der Waals surface area contributed by atoms with Crippen molar-refractivity contribution in [2.24, 2.45) is 0 Å². The third-order valence-electron chi connectivity index (χ3n) is 6.02. The fourth-order valence-electron chi connectivity index (χ4n) is 4.24. The molecule has 1 aliphatic rings. The van der Waals surface area contributed by atoms with Crippen molar-refractivity contribution in [1.82, 2.24) is 10.3 Å². The first kappa shape index (κ1) is 25.0. The summed E-state index contributed by atoms with van der Waals surface area (Å²) < 4.78 is 26.2. The van der Waals surface area contributed by atoms with Crippen LogP contribution in [0.15, 0.2) is 85.2 Å². The van der Waals surface area contributed by atoms with Crippen LogP contribution >= 0.6 is 0 Å². The molecule has 2 heterocycles. The van der Waals surface area contributed by atoms with Gasteiger partial charge in [0, 0.05) is 30.1 Å². The Labute approximate surface area is 220 Å². The molecule has 0 atom stereocenters. The van der Waals surface area contributed by atoms with Gasteiger partial charge in [-0.25, -0.2) is 8.42 Å². The van der Waals surface area contributed by atoms with Crippen molar-refractivity contribution in [2.75, 3.05) is 28.2 Å². The van der Waals surface area contributed by atoms with Gasteiger partial charge in [0.15, 0.2) is 0 Å². The van der Waals surface area contributed by atoms with Crippen molar-refractivity contribution >= 4 is 44.6 Å². The smallest absolute Gasteiger partial charge is 0.257 e. The van der Waals surface area contributed by atoms with Crippen LogP contribution in [0.3, 0.4) is 0 Å². The molecule has 10 heteroatoms. The van der Waals surface area contributed by atoms with E-state index in [9.17, 15) is 18.0 Å². The maximum atomic E-state index is 13.0. The van der Waals surface area contributed by atoms with Crippen molar-refractivity contribution in [2.45, 2.75) is 6.42 Å². The Balaban J connectivity index is 1.37. The molecule has 0 fully saturated rings. The van der Waals surface area contributed by atoms with Gasteiger partial charge in [-0.15, -0.1) is 0 Å². The Morgan fingerprint density at radius 3 is 2.53 bits per heavy atom. The van der Waals surface area contributed by atoms with Gasteiger partial charge in [0.05, 0.1) is 34.6 Å². The van der Waals surface area contributed by atoms with E-state index in [1.807, 2.05) is 18.2 Å². The predicted octanol–water partition coefficient (Wildman–Crippen LogP) is 4.40. The normalized spacial score (nSPS) is 12.3. The number of benzene rings is 3. The highest BCUT2D eigenvalue weighted by molar-refractivity contribution is 7.92. The molecule has 9 nitrogen and oxygen atoms in total. The number of nitrogens with zero attached hydrogens (tertiary/aromatic N) is 1. The van der Waals surface area contributed by atoms with Crippen LogP contribution in [0, 0.1) is 0 Å². The quantitative estimate of drug-likeness (QED) is 0.282. The maximum Gasteiger partial charge on any atom is 0.257 e. The molecule has 0 spiro atoms. The van der Waals surface area contributed by atoms with Crippen molar-refractivity contribution in [3.8, 4) is 11.1 Å². The van der Waals surface area contributed by atoms with E-state index in [4.69, 9.17) is 0 Å². The summed E-state index contributed by atoms with van der Waals surface area (Å²) in [5.41, 5.74) is 5.36. The Morgan fingerprint density at radius 1 is 0.895 bits per heavy atom. The minimum atomic E-state index is -3.48. The third kappa shape index (κ3) is 5.65. The summed E-state index contributed by atoms with van der Waals surface area (Å²) in [6.45, 7) is 0.454. The number of amides is 2. The summed E-state index contributed by atoms with van der Waals surface area (Å²) in [7, 11) is -3.48. The lowest BCUT2D eigenvalue weighted by Crippen LogP contribution is -2.25. The van der Waals surface area contributed by atoms with Crippen molar-refractivity contribution in [3.63, 3.8) is 0 Å². The zero-order chi connectivity index (χ0) is 26.7. The van der Waals surface area contributed by atoms with Crippen LogP contribution in [0.2, 0.25) is 0 Å². The van der Waals surface area contributed by atoms with Gasteiger partial charge in [-0.1, -0.05) is 30.3 Å². The van der Waals surface area contributed by atoms with Crippen LogP contribution in [0.5, 0.6) is 0 Å². The summed E-state index contributed by atoms with van der Waals surface area (Å²) in [6.07, 6.45) is 5.22. The second kappa shape index (κ2) is 10.3. The third-order valence-corrected chi connectivity index (χ3v) is 6.61. The summed E-state index contributed by atoms with van der Waals surface area (Å²) in [5, 5.41) is 9.05. The number of fused-ring (bicyclic) bond motifs is 2. The zero-order valence-corrected chi connectivity index (χ0v) is 21.3. The summed E-state index contributed by atoms with van der Waals surface area (Å²) in [5.74, 6) is -0.570. The molecule has 4 aromatic rings. The van der Waals surface area contributed by atoms with Crippen molar-refractivity contribution < 1.29 is 18.0 Å². The predicted molar refractivity (Wildman–Crippen MR) is 148 cm³/mol. The van der Waals surface area contributed by atoms with E-state index < -0.39 is 10.0 Å². The average molecular weight is 528 g/mol. The molecular formula is C28H25N5O4S. The molecule has 1 aliphatic heterocycles. The molecule has 0 saturated heterocycles. The largest absolute Gasteiger partial charge is 0.353 e. The summed E-state index contributed by atoms with van der Waals surface area (Å²) in [4.78, 5) is 29.8. The maximum absolute atomic E-state index is 13.0. The van der Waals surface area contributed by atoms with E-state index >= 15 is 0 Å². The number of aromatic nitrogens is 1. The van der Waals surface area contributed by atoms with Gasteiger partial charge in [-0.3, -0.25) is 19.3 Å². The van der Waals surface area contributed by atoms with E-state index in [0.717, 1.165) is 17.4 Å². The molecular weight excluding hydrogens is 502 g/mol. The molecule has 4 N–H and O–H groups in total. The van der Waals surface area contributed by atoms with Gasteiger partial charge in [-0.2, -0.15) is 0 Å². The standard InChI is InChI=1S/C28H25N5O4S/c1-38(36,37)33-23-7-3-2-6-21(23)19-8-10-22-25(15-19)31-24-11-9-20(16-26(24)32-28(22)35)27(34)30-14-12-18-5-4-13-29-17-18/h2-11,13,15-17,31,33H,12,14H2,1H3,(H,30,34)(H,32,35). The fourth-order valence-corrected chi connectivity index (χ4v) is 4.82. The van der Waals surface area contributed by atoms with Crippen molar-refractivity contribution in [1.29, 1.82) is 0 Å². The van der Waals surface area contributed by atoms with E-state index in [0.29, 0.717) is 52.4 Å². The van der Waals surface area contributed by atoms with Crippen LogP contribution in [-0.2, 0) is 16.4 Å². The highest BCUT2D eigenvalue weighted by atomic mass is 32.2. The minimum absolute atomic E-state index is 0.245. The first-order valence-corrected chi connectivity index (χ1v) is 13.8. The van der Waals surface area contributed by atoms with Crippen LogP contribution in [0.25, 0.3) is 11.1 Å². The van der Waals surface area contributed by atoms with Gasteiger partial charge < -0.3 is 16.0 Å². The SMILES string of the molecule is CS(=O)(=O)Nc1ccccc1-c1ccc2c(c1)Nc1ccc(C(=O)NCCc3cccnc3)cc1NC2=O. The van der Waals surface area contributed by atoms with E-state index in [-0.39, 0.29) is 11.8 Å². The van der Waals surface area contributed by atoms with Gasteiger partial charge >= 0.3 is 0 Å². The molecule has 0 radical (unpaired) electrons. The lowest BCUT2D eigenvalue weighted by atomic mass is 10.0. The van der Waals surface area contributed by atoms with Gasteiger partial charge in [-0.05, 0) is 60.0 Å². The Morgan fingerprint density at radius 2 is 1.74 bits per heavy atom. The fraction of sp³-hybridized carbons (Fsp3) is 0.107. The molecule has 38 heavy (non-hydrogen) atoms. The van der Waals surface area contributed by atoms with Crippen molar-refractivity contribution in [3.05, 3.63) is 102 Å². The summed E-state index contributed by atoms with van der Waals surface area (Å²) >= 11 is 0. The number of sulfonamides is 1. The molecule has 0 bridgehead atoms. The van der Waals surface area contributed by atoms with Crippen LogP contribution in [0.1, 0.15) is 26.3 Å². The second-order valence-corrected chi connectivity index (χ2v) is 10.6. The number of carbonyl (C=O) groups is 2. The topological polar surface area (TPSA) is 129 Å². The van der Waals surface area contributed by atoms with E-state index in [1.165, 1.54) is 0 Å². The first-order valence-electron chi connectivity index (χ1n) is 11.9. The molecule has 5 rings (SSSR count). The molecule has 0 saturated carbocycles. The minimum Gasteiger partial charge on any atom is -0.353 e. The van der Waals surface area contributed by atoms with Gasteiger partial charge in [0.2, 0.25) is 10.0 Å². The number of carbonyl (C=O) groups excluding carboxylic acids is 2. The van der Waals surface area contributed by atoms with Crippen LogP contribution < -0.4 is 20.7 Å². The van der Waals surface area contributed by atoms with Crippen LogP contribution in [-0.4, -0.2) is 38.0 Å². The Bertz CT molecular complexity index is 1640. The number of nitrogens with one attached hydrogen (secondary N) is 4. The first-order chi connectivity index (χ1) is 18.3. The molecule has 1 aromatic heterocycles. The van der Waals surface area contributed by atoms with E-state index in [1.54, 1.807) is 67.0 Å². The number of pyridine rings is 1. The Hall–Kier alpha value is -4.70. The average Bonchev–Trinajstić information content (AvgIpc) is 3.03. The lowest BCUT2D eigenvalue weighted by Gasteiger charge is -2.14. The second-order valence-electron chi connectivity index (χ2n) is 8.89. The lowest BCUT2D eigenvalue weighted by molar-refractivity contribution is 0.0952. The molecule has 0 unspecified atom stereocenters. The molecule has 3 aromatic carbocycles. The van der Waals surface area contributed by atoms with Crippen LogP contribution in [0.4, 0.5) is 22.7 Å². The number of anilines is 4. The molecule has 2 amide bonds. The summed E-state index contributed by atoms with van der Waals surface area (Å²) in [6, 6.07) is 21.2. The number of para-hydroxylation sites is 1. The molecule has 0 aliphatic carbocycles. The van der Waals surface area contributed by atoms with E-state index in [2.05, 4.69) is 25.7 Å². The Kier molecular flexibility index (Phi) is 6.80. The van der Waals surface area contributed by atoms with Gasteiger partial charge in [0.25, 0.3) is 11.8 Å². The number of hydrogen-bond acceptors (Lipinski definition) is 6.